The zero-order chi connectivity index (χ0) is 24.4. The molecule has 3 unspecified atom stereocenters. The first-order valence-corrected chi connectivity index (χ1v) is 9.67. The second kappa shape index (κ2) is 11.9. The number of carbonyl (C=O) groups excluding carboxylic acids is 3. The van der Waals surface area contributed by atoms with Gasteiger partial charge in [-0.1, -0.05) is 0 Å². The highest BCUT2D eigenvalue weighted by Crippen LogP contribution is 2.01. The normalized spacial score (nSPS) is 13.4. The summed E-state index contributed by atoms with van der Waals surface area (Å²) in [7, 11) is 0. The van der Waals surface area contributed by atoms with Crippen LogP contribution in [0.5, 0.6) is 0 Å². The number of carboxylic acid groups (broad SMARTS) is 2. The van der Waals surface area contributed by atoms with Crippen molar-refractivity contribution in [3.63, 3.8) is 0 Å². The molecule has 2 aromatic heterocycles. The summed E-state index contributed by atoms with van der Waals surface area (Å²) in [4.78, 5) is 72.2. The molecule has 3 amide bonds. The number of hydrogen-bond donors (Lipinski definition) is 8. The van der Waals surface area contributed by atoms with Gasteiger partial charge in [0.15, 0.2) is 0 Å². The SMILES string of the molecule is NC(CC(=O)O)C(=O)NC(Cc1cnc[nH]1)C(=O)NCC(=O)NC(Cc1cnc[nH]1)C(=O)O. The van der Waals surface area contributed by atoms with Gasteiger partial charge < -0.3 is 41.9 Å². The molecule has 0 aliphatic heterocycles. The fourth-order valence-corrected chi connectivity index (χ4v) is 2.74. The van der Waals surface area contributed by atoms with Crippen molar-refractivity contribution in [1.29, 1.82) is 0 Å². The molecule has 9 N–H and O–H groups in total. The number of aliphatic carboxylic acids is 2. The van der Waals surface area contributed by atoms with Crippen LogP contribution in [0.2, 0.25) is 0 Å². The van der Waals surface area contributed by atoms with Crippen LogP contribution in [-0.2, 0) is 36.8 Å². The number of carbonyl (C=O) groups is 5. The summed E-state index contributed by atoms with van der Waals surface area (Å²) in [6.45, 7) is -0.567. The number of imidazole rings is 2. The van der Waals surface area contributed by atoms with Gasteiger partial charge in [0, 0.05) is 36.6 Å². The van der Waals surface area contributed by atoms with Gasteiger partial charge in [-0.3, -0.25) is 19.2 Å². The first-order chi connectivity index (χ1) is 15.7. The summed E-state index contributed by atoms with van der Waals surface area (Å²) in [6.07, 6.45) is 4.84. The Hall–Kier alpha value is -4.27. The third kappa shape index (κ3) is 8.41. The number of H-pyrrole nitrogens is 2. The van der Waals surface area contributed by atoms with Gasteiger partial charge in [-0.25, -0.2) is 14.8 Å². The molecule has 0 aliphatic carbocycles. The van der Waals surface area contributed by atoms with Crippen molar-refractivity contribution in [3.8, 4) is 0 Å². The van der Waals surface area contributed by atoms with E-state index in [9.17, 15) is 29.1 Å². The first-order valence-electron chi connectivity index (χ1n) is 9.67. The molecule has 0 bridgehead atoms. The standard InChI is InChI=1S/C18H24N8O7/c19-11(3-15(28)29)16(30)26-12(1-9-4-20-7-23-9)17(31)22-6-14(27)25-13(18(32)33)2-10-5-21-8-24-10/h4-5,7-8,11-13H,1-3,6,19H2,(H,20,23)(H,21,24)(H,22,31)(H,25,27)(H,26,30)(H,28,29)(H,32,33). The average molecular weight is 464 g/mol. The van der Waals surface area contributed by atoms with Crippen LogP contribution < -0.4 is 21.7 Å². The van der Waals surface area contributed by atoms with Gasteiger partial charge in [0.1, 0.15) is 12.1 Å². The Morgan fingerprint density at radius 3 is 1.97 bits per heavy atom. The van der Waals surface area contributed by atoms with E-state index in [2.05, 4.69) is 35.9 Å². The predicted octanol–water partition coefficient (Wildman–Crippen LogP) is -3.11. The predicted molar refractivity (Wildman–Crippen MR) is 109 cm³/mol. The Morgan fingerprint density at radius 1 is 0.909 bits per heavy atom. The summed E-state index contributed by atoms with van der Waals surface area (Å²) >= 11 is 0. The van der Waals surface area contributed by atoms with Gasteiger partial charge in [0.25, 0.3) is 0 Å². The molecule has 178 valence electrons. The molecule has 0 aliphatic rings. The molecule has 0 spiro atoms. The molecule has 0 radical (unpaired) electrons. The van der Waals surface area contributed by atoms with Crippen molar-refractivity contribution in [3.05, 3.63) is 36.4 Å². The van der Waals surface area contributed by atoms with Gasteiger partial charge >= 0.3 is 11.9 Å². The van der Waals surface area contributed by atoms with Crippen LogP contribution in [0.25, 0.3) is 0 Å². The Bertz CT molecular complexity index is 961. The van der Waals surface area contributed by atoms with E-state index in [0.29, 0.717) is 11.4 Å². The minimum atomic E-state index is -1.39. The summed E-state index contributed by atoms with van der Waals surface area (Å²) in [5.74, 6) is -4.97. The number of nitrogens with two attached hydrogens (primary N) is 1. The lowest BCUT2D eigenvalue weighted by atomic mass is 10.1. The Labute approximate surface area is 186 Å². The molecule has 3 atom stereocenters. The molecule has 15 heteroatoms. The van der Waals surface area contributed by atoms with Gasteiger partial charge in [-0.2, -0.15) is 0 Å². The third-order valence-electron chi connectivity index (χ3n) is 4.38. The van der Waals surface area contributed by atoms with Crippen LogP contribution in [0, 0.1) is 0 Å². The smallest absolute Gasteiger partial charge is 0.326 e. The maximum absolute atomic E-state index is 12.6. The van der Waals surface area contributed by atoms with E-state index in [1.165, 1.54) is 25.0 Å². The lowest BCUT2D eigenvalue weighted by Crippen LogP contribution is -2.54. The van der Waals surface area contributed by atoms with Gasteiger partial charge in [-0.05, 0) is 0 Å². The number of aromatic amines is 2. The number of amides is 3. The summed E-state index contributed by atoms with van der Waals surface area (Å²) in [5, 5.41) is 25.0. The second-order valence-corrected chi connectivity index (χ2v) is 7.00. The van der Waals surface area contributed by atoms with Crippen LogP contribution in [0.3, 0.4) is 0 Å². The van der Waals surface area contributed by atoms with E-state index < -0.39 is 60.8 Å². The number of carboxylic acids is 2. The van der Waals surface area contributed by atoms with Crippen LogP contribution >= 0.6 is 0 Å². The zero-order valence-corrected chi connectivity index (χ0v) is 17.3. The number of aromatic nitrogens is 4. The van der Waals surface area contributed by atoms with E-state index in [-0.39, 0.29) is 12.8 Å². The largest absolute Gasteiger partial charge is 0.481 e. The maximum Gasteiger partial charge on any atom is 0.326 e. The molecule has 0 saturated carbocycles. The number of nitrogens with one attached hydrogen (secondary N) is 5. The lowest BCUT2D eigenvalue weighted by Gasteiger charge is -2.20. The van der Waals surface area contributed by atoms with Crippen LogP contribution in [0.4, 0.5) is 0 Å². The van der Waals surface area contributed by atoms with Crippen molar-refractivity contribution in [1.82, 2.24) is 35.9 Å². The number of nitrogens with zero attached hydrogens (tertiary/aromatic N) is 2. The molecule has 33 heavy (non-hydrogen) atoms. The summed E-state index contributed by atoms with van der Waals surface area (Å²) < 4.78 is 0. The molecule has 2 rings (SSSR count). The monoisotopic (exact) mass is 464 g/mol. The quantitative estimate of drug-likeness (QED) is 0.148. The highest BCUT2D eigenvalue weighted by molar-refractivity contribution is 5.93. The third-order valence-corrected chi connectivity index (χ3v) is 4.38. The van der Waals surface area contributed by atoms with Crippen LogP contribution in [-0.4, -0.2) is 84.5 Å². The van der Waals surface area contributed by atoms with Crippen molar-refractivity contribution >= 4 is 29.7 Å². The van der Waals surface area contributed by atoms with E-state index >= 15 is 0 Å². The highest BCUT2D eigenvalue weighted by atomic mass is 16.4. The minimum Gasteiger partial charge on any atom is -0.481 e. The van der Waals surface area contributed by atoms with E-state index in [0.717, 1.165) is 0 Å². The zero-order valence-electron chi connectivity index (χ0n) is 17.3. The minimum absolute atomic E-state index is 0.0451. The Balaban J connectivity index is 1.96. The van der Waals surface area contributed by atoms with Crippen molar-refractivity contribution in [2.45, 2.75) is 37.4 Å². The topological polar surface area (TPSA) is 245 Å². The Morgan fingerprint density at radius 2 is 1.48 bits per heavy atom. The fraction of sp³-hybridized carbons (Fsp3) is 0.389. The van der Waals surface area contributed by atoms with Crippen LogP contribution in [0.1, 0.15) is 17.8 Å². The maximum atomic E-state index is 12.6. The molecule has 2 aromatic rings. The summed E-state index contributed by atoms with van der Waals surface area (Å²) in [6, 6.07) is -3.85. The second-order valence-electron chi connectivity index (χ2n) is 7.00. The molecule has 15 nitrogen and oxygen atoms in total. The molecule has 0 saturated heterocycles. The molecule has 2 heterocycles. The number of hydrogen-bond acceptors (Lipinski definition) is 8. The Kier molecular flexibility index (Phi) is 9.05. The van der Waals surface area contributed by atoms with Gasteiger partial charge in [-0.15, -0.1) is 0 Å². The average Bonchev–Trinajstić information content (AvgIpc) is 3.44. The molecular formula is C18H24N8O7. The van der Waals surface area contributed by atoms with E-state index in [1.54, 1.807) is 0 Å². The molecular weight excluding hydrogens is 440 g/mol. The summed E-state index contributed by atoms with van der Waals surface area (Å²) in [5.41, 5.74) is 6.51. The van der Waals surface area contributed by atoms with Crippen molar-refractivity contribution < 1.29 is 34.2 Å². The van der Waals surface area contributed by atoms with E-state index in [1.807, 2.05) is 0 Å². The van der Waals surface area contributed by atoms with Gasteiger partial charge in [0.2, 0.25) is 17.7 Å². The lowest BCUT2D eigenvalue weighted by molar-refractivity contribution is -0.141. The first kappa shape index (κ1) is 25.0. The van der Waals surface area contributed by atoms with Crippen molar-refractivity contribution in [2.24, 2.45) is 5.73 Å². The highest BCUT2D eigenvalue weighted by Gasteiger charge is 2.27. The van der Waals surface area contributed by atoms with Crippen LogP contribution in [0.15, 0.2) is 25.0 Å². The fourth-order valence-electron chi connectivity index (χ4n) is 2.74. The number of rotatable bonds is 13. The van der Waals surface area contributed by atoms with E-state index in [4.69, 9.17) is 10.8 Å². The molecule has 0 aromatic carbocycles. The molecule has 0 fully saturated rings. The van der Waals surface area contributed by atoms with Gasteiger partial charge in [0.05, 0.1) is 31.7 Å². The van der Waals surface area contributed by atoms with Crippen molar-refractivity contribution in [2.75, 3.05) is 6.54 Å².